The Morgan fingerprint density at radius 1 is 1.16 bits per heavy atom. The molecule has 0 aliphatic carbocycles. The second-order valence-electron chi connectivity index (χ2n) is 4.96. The summed E-state index contributed by atoms with van der Waals surface area (Å²) in [7, 11) is 0. The molecule has 1 aliphatic heterocycles. The Morgan fingerprint density at radius 2 is 1.84 bits per heavy atom. The Kier molecular flexibility index (Phi) is 3.91. The molecule has 3 heterocycles. The summed E-state index contributed by atoms with van der Waals surface area (Å²) in [4.78, 5) is 9.22. The molecule has 0 atom stereocenters. The van der Waals surface area contributed by atoms with Crippen LogP contribution in [0.15, 0.2) is 21.5 Å². The first-order chi connectivity index (χ1) is 9.29. The molecular weight excluding hydrogens is 260 g/mol. The van der Waals surface area contributed by atoms with Crippen LogP contribution in [0.5, 0.6) is 0 Å². The fraction of sp³-hybridized carbons (Fsp3) is 0.538. The maximum Gasteiger partial charge on any atom is 0.133 e. The van der Waals surface area contributed by atoms with Gasteiger partial charge in [-0.25, -0.2) is 4.98 Å². The quantitative estimate of drug-likeness (QED) is 0.852. The van der Waals surface area contributed by atoms with Crippen LogP contribution >= 0.6 is 11.3 Å². The monoisotopic (exact) mass is 278 g/mol. The SMILES string of the molecule is Cc1cc(CN2CCN(Cc3cscn3)CC2)no1. The van der Waals surface area contributed by atoms with Crippen LogP contribution in [0.2, 0.25) is 0 Å². The average molecular weight is 278 g/mol. The zero-order valence-corrected chi connectivity index (χ0v) is 11.9. The smallest absolute Gasteiger partial charge is 0.133 e. The number of hydrogen-bond donors (Lipinski definition) is 0. The van der Waals surface area contributed by atoms with E-state index >= 15 is 0 Å². The van der Waals surface area contributed by atoms with Gasteiger partial charge in [0.15, 0.2) is 0 Å². The van der Waals surface area contributed by atoms with Gasteiger partial charge in [0.1, 0.15) is 5.76 Å². The van der Waals surface area contributed by atoms with E-state index in [4.69, 9.17) is 4.52 Å². The molecule has 6 heteroatoms. The molecule has 102 valence electrons. The zero-order chi connectivity index (χ0) is 13.1. The van der Waals surface area contributed by atoms with Crippen LogP contribution in [0.1, 0.15) is 17.1 Å². The molecule has 19 heavy (non-hydrogen) atoms. The fourth-order valence-electron chi connectivity index (χ4n) is 2.37. The predicted octanol–water partition coefficient (Wildman–Crippen LogP) is 1.76. The summed E-state index contributed by atoms with van der Waals surface area (Å²) >= 11 is 1.67. The van der Waals surface area contributed by atoms with Gasteiger partial charge in [-0.3, -0.25) is 9.80 Å². The lowest BCUT2D eigenvalue weighted by molar-refractivity contribution is 0.119. The van der Waals surface area contributed by atoms with Crippen LogP contribution in [0.4, 0.5) is 0 Å². The number of thiazole rings is 1. The first-order valence-electron chi connectivity index (χ1n) is 6.53. The number of nitrogens with zero attached hydrogens (tertiary/aromatic N) is 4. The van der Waals surface area contributed by atoms with E-state index in [1.165, 1.54) is 5.69 Å². The van der Waals surface area contributed by atoms with Gasteiger partial charge in [-0.1, -0.05) is 5.16 Å². The molecular formula is C13H18N4OS. The van der Waals surface area contributed by atoms with Gasteiger partial charge in [0.2, 0.25) is 0 Å². The first-order valence-corrected chi connectivity index (χ1v) is 7.48. The zero-order valence-electron chi connectivity index (χ0n) is 11.1. The van der Waals surface area contributed by atoms with Gasteiger partial charge in [0.25, 0.3) is 0 Å². The molecule has 1 fully saturated rings. The van der Waals surface area contributed by atoms with Gasteiger partial charge in [-0.15, -0.1) is 11.3 Å². The van der Waals surface area contributed by atoms with Gasteiger partial charge in [0, 0.05) is 50.7 Å². The summed E-state index contributed by atoms with van der Waals surface area (Å²) < 4.78 is 5.10. The Bertz CT molecular complexity index is 502. The molecule has 1 saturated heterocycles. The maximum atomic E-state index is 5.10. The third-order valence-corrected chi connectivity index (χ3v) is 4.03. The van der Waals surface area contributed by atoms with E-state index in [1.54, 1.807) is 11.3 Å². The summed E-state index contributed by atoms with van der Waals surface area (Å²) in [5, 5.41) is 6.18. The number of piperazine rings is 1. The maximum absolute atomic E-state index is 5.10. The largest absolute Gasteiger partial charge is 0.361 e. The number of aromatic nitrogens is 2. The third kappa shape index (κ3) is 3.40. The van der Waals surface area contributed by atoms with Crippen LogP contribution in [0.25, 0.3) is 0 Å². The van der Waals surface area contributed by atoms with Crippen molar-refractivity contribution < 1.29 is 4.52 Å². The molecule has 0 radical (unpaired) electrons. The molecule has 2 aromatic rings. The minimum Gasteiger partial charge on any atom is -0.361 e. The van der Waals surface area contributed by atoms with Crippen molar-refractivity contribution in [2.45, 2.75) is 20.0 Å². The number of rotatable bonds is 4. The summed E-state index contributed by atoms with van der Waals surface area (Å²) in [5.74, 6) is 0.886. The lowest BCUT2D eigenvalue weighted by atomic mass is 10.2. The molecule has 0 spiro atoms. The van der Waals surface area contributed by atoms with Gasteiger partial charge >= 0.3 is 0 Å². The van der Waals surface area contributed by atoms with E-state index in [0.717, 1.165) is 50.7 Å². The lowest BCUT2D eigenvalue weighted by Crippen LogP contribution is -2.45. The van der Waals surface area contributed by atoms with Gasteiger partial charge < -0.3 is 4.52 Å². The molecule has 5 nitrogen and oxygen atoms in total. The Balaban J connectivity index is 1.46. The van der Waals surface area contributed by atoms with Crippen molar-refractivity contribution in [2.24, 2.45) is 0 Å². The Labute approximate surface area is 116 Å². The van der Waals surface area contributed by atoms with Crippen LogP contribution in [-0.4, -0.2) is 46.1 Å². The minimum absolute atomic E-state index is 0.886. The van der Waals surface area contributed by atoms with E-state index in [1.807, 2.05) is 18.5 Å². The van der Waals surface area contributed by atoms with E-state index in [-0.39, 0.29) is 0 Å². The van der Waals surface area contributed by atoms with E-state index in [9.17, 15) is 0 Å². The van der Waals surface area contributed by atoms with Crippen molar-refractivity contribution in [2.75, 3.05) is 26.2 Å². The molecule has 3 rings (SSSR count). The van der Waals surface area contributed by atoms with Crippen molar-refractivity contribution in [1.82, 2.24) is 19.9 Å². The van der Waals surface area contributed by atoms with Gasteiger partial charge in [-0.05, 0) is 6.92 Å². The Morgan fingerprint density at radius 3 is 2.37 bits per heavy atom. The molecule has 0 unspecified atom stereocenters. The van der Waals surface area contributed by atoms with E-state index in [2.05, 4.69) is 25.3 Å². The molecule has 1 aliphatic rings. The third-order valence-electron chi connectivity index (χ3n) is 3.40. The molecule has 0 aromatic carbocycles. The van der Waals surface area contributed by atoms with E-state index < -0.39 is 0 Å². The highest BCUT2D eigenvalue weighted by atomic mass is 32.1. The number of hydrogen-bond acceptors (Lipinski definition) is 6. The highest BCUT2D eigenvalue weighted by molar-refractivity contribution is 7.07. The second-order valence-corrected chi connectivity index (χ2v) is 5.68. The molecule has 0 N–H and O–H groups in total. The summed E-state index contributed by atoms with van der Waals surface area (Å²) in [6, 6.07) is 2.02. The summed E-state index contributed by atoms with van der Waals surface area (Å²) in [6.07, 6.45) is 0. The standard InChI is InChI=1S/C13H18N4OS/c1-11-6-12(15-18-11)7-16-2-4-17(5-3-16)8-13-9-19-10-14-13/h6,9-10H,2-5,7-8H2,1H3. The normalized spacial score (nSPS) is 17.9. The highest BCUT2D eigenvalue weighted by Crippen LogP contribution is 2.11. The van der Waals surface area contributed by atoms with Crippen molar-refractivity contribution in [3.05, 3.63) is 34.1 Å². The number of aryl methyl sites for hydroxylation is 1. The van der Waals surface area contributed by atoms with Gasteiger partial charge in [0.05, 0.1) is 16.9 Å². The molecule has 0 bridgehead atoms. The van der Waals surface area contributed by atoms with Crippen molar-refractivity contribution >= 4 is 11.3 Å². The minimum atomic E-state index is 0.886. The second kappa shape index (κ2) is 5.81. The molecule has 2 aromatic heterocycles. The lowest BCUT2D eigenvalue weighted by Gasteiger charge is -2.33. The highest BCUT2D eigenvalue weighted by Gasteiger charge is 2.18. The van der Waals surface area contributed by atoms with Crippen LogP contribution in [-0.2, 0) is 13.1 Å². The van der Waals surface area contributed by atoms with Crippen molar-refractivity contribution in [1.29, 1.82) is 0 Å². The van der Waals surface area contributed by atoms with Crippen molar-refractivity contribution in [3.63, 3.8) is 0 Å². The topological polar surface area (TPSA) is 45.4 Å². The van der Waals surface area contributed by atoms with E-state index in [0.29, 0.717) is 0 Å². The Hall–Kier alpha value is -1.24. The van der Waals surface area contributed by atoms with Crippen LogP contribution in [0, 0.1) is 6.92 Å². The van der Waals surface area contributed by atoms with Crippen LogP contribution in [0.3, 0.4) is 0 Å². The average Bonchev–Trinajstić information content (AvgIpc) is 3.04. The molecule has 0 amide bonds. The first kappa shape index (κ1) is 12.8. The predicted molar refractivity (Wildman–Crippen MR) is 73.9 cm³/mol. The molecule has 0 saturated carbocycles. The van der Waals surface area contributed by atoms with Crippen LogP contribution < -0.4 is 0 Å². The van der Waals surface area contributed by atoms with Crippen molar-refractivity contribution in [3.8, 4) is 0 Å². The summed E-state index contributed by atoms with van der Waals surface area (Å²) in [5.41, 5.74) is 4.12. The fourth-order valence-corrected chi connectivity index (χ4v) is 2.92. The van der Waals surface area contributed by atoms with Gasteiger partial charge in [-0.2, -0.15) is 0 Å². The summed E-state index contributed by atoms with van der Waals surface area (Å²) in [6.45, 7) is 8.14.